The molecule has 4 rings (SSSR count). The van der Waals surface area contributed by atoms with Crippen LogP contribution in [0.1, 0.15) is 34.6 Å². The Hall–Kier alpha value is -3.26. The summed E-state index contributed by atoms with van der Waals surface area (Å²) in [5, 5.41) is 3.11. The molecule has 0 saturated heterocycles. The number of amides is 3. The van der Waals surface area contributed by atoms with E-state index in [9.17, 15) is 14.4 Å². The first kappa shape index (κ1) is 18.1. The van der Waals surface area contributed by atoms with E-state index in [2.05, 4.69) is 10.3 Å². The molecule has 0 bridgehead atoms. The van der Waals surface area contributed by atoms with Gasteiger partial charge in [-0.3, -0.25) is 19.3 Å². The lowest BCUT2D eigenvalue weighted by molar-refractivity contribution is -0.119. The zero-order valence-corrected chi connectivity index (χ0v) is 16.1. The van der Waals surface area contributed by atoms with Gasteiger partial charge in [0.2, 0.25) is 5.91 Å². The van der Waals surface area contributed by atoms with Crippen LogP contribution in [0.5, 0.6) is 5.75 Å². The molecule has 8 heteroatoms. The third-order valence-electron chi connectivity index (χ3n) is 4.49. The van der Waals surface area contributed by atoms with E-state index in [-0.39, 0.29) is 0 Å². The van der Waals surface area contributed by atoms with Crippen LogP contribution in [-0.2, 0) is 4.79 Å². The summed E-state index contributed by atoms with van der Waals surface area (Å²) in [5.74, 6) is -0.669. The highest BCUT2D eigenvalue weighted by Gasteiger charge is 2.40. The number of rotatable bonds is 5. The van der Waals surface area contributed by atoms with Crippen molar-refractivity contribution in [3.05, 3.63) is 53.6 Å². The molecule has 2 aromatic carbocycles. The smallest absolute Gasteiger partial charge is 0.262 e. The van der Waals surface area contributed by atoms with E-state index in [0.29, 0.717) is 22.9 Å². The minimum atomic E-state index is -0.960. The summed E-state index contributed by atoms with van der Waals surface area (Å²) in [6.07, 6.45) is 0. The van der Waals surface area contributed by atoms with Crippen molar-refractivity contribution >= 4 is 44.4 Å². The molecular weight excluding hydrogens is 378 g/mol. The predicted molar refractivity (Wildman–Crippen MR) is 106 cm³/mol. The van der Waals surface area contributed by atoms with Crippen LogP contribution in [0.4, 0.5) is 5.13 Å². The van der Waals surface area contributed by atoms with Gasteiger partial charge >= 0.3 is 0 Å². The quantitative estimate of drug-likeness (QED) is 0.670. The Morgan fingerprint density at radius 2 is 1.86 bits per heavy atom. The van der Waals surface area contributed by atoms with Crippen molar-refractivity contribution in [2.45, 2.75) is 19.9 Å². The molecule has 28 heavy (non-hydrogen) atoms. The molecular formula is C20H17N3O4S. The predicted octanol–water partition coefficient (Wildman–Crippen LogP) is 3.32. The van der Waals surface area contributed by atoms with E-state index in [1.54, 1.807) is 24.3 Å². The summed E-state index contributed by atoms with van der Waals surface area (Å²) < 4.78 is 6.34. The molecule has 1 aromatic heterocycles. The fourth-order valence-corrected chi connectivity index (χ4v) is 4.00. The van der Waals surface area contributed by atoms with Crippen LogP contribution >= 0.6 is 11.3 Å². The standard InChI is InChI=1S/C20H17N3O4S/c1-3-27-12-8-9-15-16(10-12)28-20(21-15)22-17(24)11(2)23-18(25)13-6-4-5-7-14(13)19(23)26/h4-11H,3H2,1-2H3,(H,21,22,24)/t11-/m1/s1. The zero-order valence-electron chi connectivity index (χ0n) is 15.3. The lowest BCUT2D eigenvalue weighted by atomic mass is 10.1. The number of fused-ring (bicyclic) bond motifs is 2. The third-order valence-corrected chi connectivity index (χ3v) is 5.43. The lowest BCUT2D eigenvalue weighted by Crippen LogP contribution is -2.45. The van der Waals surface area contributed by atoms with Gasteiger partial charge in [0.25, 0.3) is 11.8 Å². The van der Waals surface area contributed by atoms with E-state index < -0.39 is 23.8 Å². The molecule has 1 aliphatic heterocycles. The van der Waals surface area contributed by atoms with Crippen molar-refractivity contribution in [2.24, 2.45) is 0 Å². The average Bonchev–Trinajstić information content (AvgIpc) is 3.20. The minimum absolute atomic E-state index is 0.315. The van der Waals surface area contributed by atoms with Crippen LogP contribution in [0, 0.1) is 0 Å². The molecule has 1 atom stereocenters. The maximum Gasteiger partial charge on any atom is 0.262 e. The van der Waals surface area contributed by atoms with Crippen LogP contribution in [-0.4, -0.2) is 40.3 Å². The van der Waals surface area contributed by atoms with Gasteiger partial charge in [0.15, 0.2) is 5.13 Å². The molecule has 0 unspecified atom stereocenters. The number of benzene rings is 2. The molecule has 0 radical (unpaired) electrons. The van der Waals surface area contributed by atoms with E-state index in [0.717, 1.165) is 20.9 Å². The fraction of sp³-hybridized carbons (Fsp3) is 0.200. The number of hydrogen-bond donors (Lipinski definition) is 1. The van der Waals surface area contributed by atoms with Gasteiger partial charge in [0.1, 0.15) is 11.8 Å². The maximum absolute atomic E-state index is 12.7. The maximum atomic E-state index is 12.7. The van der Waals surface area contributed by atoms with Gasteiger partial charge in [-0.2, -0.15) is 0 Å². The van der Waals surface area contributed by atoms with E-state index in [1.165, 1.54) is 18.3 Å². The van der Waals surface area contributed by atoms with Crippen LogP contribution in [0.25, 0.3) is 10.2 Å². The number of aromatic nitrogens is 1. The van der Waals surface area contributed by atoms with Gasteiger partial charge in [-0.15, -0.1) is 0 Å². The van der Waals surface area contributed by atoms with Gasteiger partial charge in [-0.1, -0.05) is 23.5 Å². The molecule has 7 nitrogen and oxygen atoms in total. The molecule has 3 amide bonds. The molecule has 0 aliphatic carbocycles. The summed E-state index contributed by atoms with van der Waals surface area (Å²) in [4.78, 5) is 43.1. The average molecular weight is 395 g/mol. The number of nitrogens with one attached hydrogen (secondary N) is 1. The number of ether oxygens (including phenoxy) is 1. The van der Waals surface area contributed by atoms with Crippen molar-refractivity contribution in [1.29, 1.82) is 0 Å². The van der Waals surface area contributed by atoms with Crippen LogP contribution in [0.2, 0.25) is 0 Å². The SMILES string of the molecule is CCOc1ccc2nc(NC(=O)[C@@H](C)N3C(=O)c4ccccc4C3=O)sc2c1. The van der Waals surface area contributed by atoms with Gasteiger partial charge in [-0.25, -0.2) is 4.98 Å². The second-order valence-electron chi connectivity index (χ2n) is 6.27. The molecule has 1 aliphatic rings. The number of carbonyl (C=O) groups excluding carboxylic acids is 3. The lowest BCUT2D eigenvalue weighted by Gasteiger charge is -2.21. The Bertz CT molecular complexity index is 1070. The minimum Gasteiger partial charge on any atom is -0.494 e. The van der Waals surface area contributed by atoms with Crippen molar-refractivity contribution in [2.75, 3.05) is 11.9 Å². The molecule has 3 aromatic rings. The number of carbonyl (C=O) groups is 3. The van der Waals surface area contributed by atoms with Crippen molar-refractivity contribution in [3.8, 4) is 5.75 Å². The van der Waals surface area contributed by atoms with Crippen molar-refractivity contribution < 1.29 is 19.1 Å². The number of imide groups is 1. The first-order valence-corrected chi connectivity index (χ1v) is 9.62. The van der Waals surface area contributed by atoms with Gasteiger partial charge in [0, 0.05) is 0 Å². The van der Waals surface area contributed by atoms with E-state index >= 15 is 0 Å². The van der Waals surface area contributed by atoms with Crippen molar-refractivity contribution in [3.63, 3.8) is 0 Å². The fourth-order valence-electron chi connectivity index (χ4n) is 3.10. The summed E-state index contributed by atoms with van der Waals surface area (Å²) in [7, 11) is 0. The first-order chi connectivity index (χ1) is 13.5. The summed E-state index contributed by atoms with van der Waals surface area (Å²) in [6, 6.07) is 11.1. The topological polar surface area (TPSA) is 88.6 Å². The Morgan fingerprint density at radius 3 is 2.50 bits per heavy atom. The Morgan fingerprint density at radius 1 is 1.18 bits per heavy atom. The number of nitrogens with zero attached hydrogens (tertiary/aromatic N) is 2. The monoisotopic (exact) mass is 395 g/mol. The molecule has 0 fully saturated rings. The number of anilines is 1. The van der Waals surface area contributed by atoms with Crippen LogP contribution in [0.15, 0.2) is 42.5 Å². The number of hydrogen-bond acceptors (Lipinski definition) is 6. The van der Waals surface area contributed by atoms with E-state index in [1.807, 2.05) is 25.1 Å². The molecule has 1 N–H and O–H groups in total. The summed E-state index contributed by atoms with van der Waals surface area (Å²) in [6.45, 7) is 3.99. The largest absolute Gasteiger partial charge is 0.494 e. The highest BCUT2D eigenvalue weighted by atomic mass is 32.1. The van der Waals surface area contributed by atoms with Gasteiger partial charge < -0.3 is 10.1 Å². The van der Waals surface area contributed by atoms with E-state index in [4.69, 9.17) is 4.74 Å². The zero-order chi connectivity index (χ0) is 19.8. The van der Waals surface area contributed by atoms with Crippen molar-refractivity contribution in [1.82, 2.24) is 9.88 Å². The Kier molecular flexibility index (Phi) is 4.56. The van der Waals surface area contributed by atoms with Gasteiger partial charge in [0.05, 0.1) is 28.0 Å². The Labute approximate surface area is 164 Å². The van der Waals surface area contributed by atoms with Crippen LogP contribution < -0.4 is 10.1 Å². The Balaban J connectivity index is 1.53. The number of thiazole rings is 1. The second kappa shape index (κ2) is 7.05. The molecule has 0 saturated carbocycles. The first-order valence-electron chi connectivity index (χ1n) is 8.80. The molecule has 0 spiro atoms. The normalized spacial score (nSPS) is 14.3. The summed E-state index contributed by atoms with van der Waals surface area (Å²) >= 11 is 1.30. The molecule has 2 heterocycles. The highest BCUT2D eigenvalue weighted by molar-refractivity contribution is 7.22. The highest BCUT2D eigenvalue weighted by Crippen LogP contribution is 2.30. The van der Waals surface area contributed by atoms with Gasteiger partial charge in [-0.05, 0) is 44.2 Å². The van der Waals surface area contributed by atoms with Crippen LogP contribution in [0.3, 0.4) is 0 Å². The molecule has 142 valence electrons. The summed E-state index contributed by atoms with van der Waals surface area (Å²) in [5.41, 5.74) is 1.36. The third kappa shape index (κ3) is 3.01. The second-order valence-corrected chi connectivity index (χ2v) is 7.30.